The van der Waals surface area contributed by atoms with E-state index in [0.29, 0.717) is 37.6 Å². The van der Waals surface area contributed by atoms with Crippen molar-refractivity contribution in [3.8, 4) is 5.75 Å². The van der Waals surface area contributed by atoms with Gasteiger partial charge in [-0.3, -0.25) is 19.7 Å². The van der Waals surface area contributed by atoms with Gasteiger partial charge in [0.25, 0.3) is 5.91 Å². The van der Waals surface area contributed by atoms with Crippen molar-refractivity contribution in [1.29, 1.82) is 0 Å². The Morgan fingerprint density at radius 2 is 2.03 bits per heavy atom. The maximum absolute atomic E-state index is 12.7. The van der Waals surface area contributed by atoms with E-state index in [9.17, 15) is 14.4 Å². The molecule has 0 saturated carbocycles. The van der Waals surface area contributed by atoms with Crippen LogP contribution < -0.4 is 15.4 Å². The molecule has 1 unspecified atom stereocenters. The van der Waals surface area contributed by atoms with Crippen LogP contribution in [0.25, 0.3) is 0 Å². The van der Waals surface area contributed by atoms with Crippen LogP contribution in [0.5, 0.6) is 5.75 Å². The number of rotatable bonds is 9. The second-order valence-electron chi connectivity index (χ2n) is 6.82. The highest BCUT2D eigenvalue weighted by atomic mass is 32.1. The molecular formula is C21H29N3O5S. The fourth-order valence-corrected chi connectivity index (χ4v) is 3.40. The molecule has 8 nitrogen and oxygen atoms in total. The summed E-state index contributed by atoms with van der Waals surface area (Å²) in [5.74, 6) is -0.771. The van der Waals surface area contributed by atoms with Crippen molar-refractivity contribution in [3.05, 3.63) is 29.8 Å². The van der Waals surface area contributed by atoms with Crippen molar-refractivity contribution >= 4 is 35.1 Å². The zero-order chi connectivity index (χ0) is 21.9. The van der Waals surface area contributed by atoms with Crippen LogP contribution in [0.15, 0.2) is 24.3 Å². The van der Waals surface area contributed by atoms with Crippen LogP contribution in [0.3, 0.4) is 0 Å². The Hall–Kier alpha value is -2.68. The van der Waals surface area contributed by atoms with Crippen molar-refractivity contribution < 1.29 is 23.9 Å². The second kappa shape index (κ2) is 12.1. The third kappa shape index (κ3) is 6.69. The van der Waals surface area contributed by atoms with Crippen molar-refractivity contribution in [2.24, 2.45) is 0 Å². The number of nitrogens with zero attached hydrogens (tertiary/aromatic N) is 1. The van der Waals surface area contributed by atoms with Gasteiger partial charge < -0.3 is 19.7 Å². The van der Waals surface area contributed by atoms with Crippen molar-refractivity contribution in [1.82, 2.24) is 15.5 Å². The summed E-state index contributed by atoms with van der Waals surface area (Å²) >= 11 is 5.38. The average Bonchev–Trinajstić information content (AvgIpc) is 2.73. The van der Waals surface area contributed by atoms with Gasteiger partial charge in [0.15, 0.2) is 5.11 Å². The van der Waals surface area contributed by atoms with Gasteiger partial charge in [-0.25, -0.2) is 0 Å². The zero-order valence-corrected chi connectivity index (χ0v) is 18.3. The molecule has 2 amide bonds. The topological polar surface area (TPSA) is 97.0 Å². The van der Waals surface area contributed by atoms with E-state index >= 15 is 0 Å². The molecular weight excluding hydrogens is 406 g/mol. The quantitative estimate of drug-likeness (QED) is 0.348. The number of para-hydroxylation sites is 1. The Labute approximate surface area is 182 Å². The first-order chi connectivity index (χ1) is 14.5. The summed E-state index contributed by atoms with van der Waals surface area (Å²) in [5, 5.41) is 5.47. The number of esters is 1. The van der Waals surface area contributed by atoms with Gasteiger partial charge in [-0.1, -0.05) is 31.9 Å². The standard InChI is InChI=1S/C21H29N3O5S/c1-3-5-8-13-29-18(25)14-16-20(27)22-11-12-24(16)21(30)23-19(26)15-9-6-7-10-17(15)28-4-2/h6-7,9-10,16H,3-5,8,11-14H2,1-2H3,(H,22,27)(H,23,26,30). The molecule has 164 valence electrons. The number of amides is 2. The fraction of sp³-hybridized carbons (Fsp3) is 0.524. The van der Waals surface area contributed by atoms with E-state index in [1.807, 2.05) is 6.92 Å². The molecule has 0 radical (unpaired) electrons. The van der Waals surface area contributed by atoms with E-state index in [0.717, 1.165) is 19.3 Å². The second-order valence-corrected chi connectivity index (χ2v) is 7.21. The zero-order valence-electron chi connectivity index (χ0n) is 17.4. The van der Waals surface area contributed by atoms with Gasteiger partial charge in [0.05, 0.1) is 25.2 Å². The first-order valence-electron chi connectivity index (χ1n) is 10.2. The number of hydrogen-bond donors (Lipinski definition) is 2. The van der Waals surface area contributed by atoms with Gasteiger partial charge in [0.2, 0.25) is 5.91 Å². The van der Waals surface area contributed by atoms with Gasteiger partial charge >= 0.3 is 5.97 Å². The Balaban J connectivity index is 2.02. The van der Waals surface area contributed by atoms with E-state index < -0.39 is 17.9 Å². The lowest BCUT2D eigenvalue weighted by Gasteiger charge is -2.36. The summed E-state index contributed by atoms with van der Waals surface area (Å²) in [7, 11) is 0. The lowest BCUT2D eigenvalue weighted by atomic mass is 10.1. The van der Waals surface area contributed by atoms with Crippen LogP contribution >= 0.6 is 12.2 Å². The number of thiocarbonyl (C=S) groups is 1. The van der Waals surface area contributed by atoms with E-state index in [4.69, 9.17) is 21.7 Å². The molecule has 0 spiro atoms. The Morgan fingerprint density at radius 3 is 2.77 bits per heavy atom. The predicted octanol–water partition coefficient (Wildman–Crippen LogP) is 2.02. The maximum Gasteiger partial charge on any atom is 0.308 e. The molecule has 1 aliphatic rings. The molecule has 0 bridgehead atoms. The number of benzene rings is 1. The van der Waals surface area contributed by atoms with Gasteiger partial charge in [-0.2, -0.15) is 0 Å². The van der Waals surface area contributed by atoms with Crippen molar-refractivity contribution in [3.63, 3.8) is 0 Å². The Bertz CT molecular complexity index is 771. The number of ether oxygens (including phenoxy) is 2. The molecule has 1 aromatic carbocycles. The molecule has 1 heterocycles. The van der Waals surface area contributed by atoms with Gasteiger partial charge in [0, 0.05) is 13.1 Å². The van der Waals surface area contributed by atoms with Gasteiger partial charge in [-0.05, 0) is 37.7 Å². The highest BCUT2D eigenvalue weighted by Crippen LogP contribution is 2.18. The summed E-state index contributed by atoms with van der Waals surface area (Å²) < 4.78 is 10.7. The van der Waals surface area contributed by atoms with Crippen molar-refractivity contribution in [2.45, 2.75) is 45.6 Å². The summed E-state index contributed by atoms with van der Waals surface area (Å²) in [4.78, 5) is 38.8. The van der Waals surface area contributed by atoms with Gasteiger partial charge in [0.1, 0.15) is 11.8 Å². The first kappa shape index (κ1) is 23.6. The third-order valence-electron chi connectivity index (χ3n) is 4.61. The number of carbonyl (C=O) groups is 3. The molecule has 0 aliphatic carbocycles. The first-order valence-corrected chi connectivity index (χ1v) is 10.7. The molecule has 2 rings (SSSR count). The number of piperazine rings is 1. The Kier molecular flexibility index (Phi) is 9.53. The largest absolute Gasteiger partial charge is 0.493 e. The number of unbranched alkanes of at least 4 members (excludes halogenated alkanes) is 2. The van der Waals surface area contributed by atoms with Crippen molar-refractivity contribution in [2.75, 3.05) is 26.3 Å². The minimum Gasteiger partial charge on any atom is -0.493 e. The maximum atomic E-state index is 12.7. The van der Waals surface area contributed by atoms with Gasteiger partial charge in [-0.15, -0.1) is 0 Å². The number of nitrogens with one attached hydrogen (secondary N) is 2. The number of hydrogen-bond acceptors (Lipinski definition) is 6. The molecule has 30 heavy (non-hydrogen) atoms. The molecule has 9 heteroatoms. The summed E-state index contributed by atoms with van der Waals surface area (Å²) in [5.41, 5.74) is 0.343. The van der Waals surface area contributed by atoms with E-state index in [1.54, 1.807) is 29.2 Å². The van der Waals surface area contributed by atoms with Crippen LogP contribution in [0.2, 0.25) is 0 Å². The fourth-order valence-electron chi connectivity index (χ4n) is 3.09. The number of carbonyl (C=O) groups excluding carboxylic acids is 3. The summed E-state index contributed by atoms with van der Waals surface area (Å²) in [6.07, 6.45) is 2.65. The average molecular weight is 436 g/mol. The van der Waals surface area contributed by atoms with E-state index in [-0.39, 0.29) is 17.4 Å². The molecule has 2 N–H and O–H groups in total. The summed E-state index contributed by atoms with van der Waals surface area (Å²) in [6.45, 7) is 5.39. The van der Waals surface area contributed by atoms with E-state index in [1.165, 1.54) is 0 Å². The normalized spacial score (nSPS) is 15.9. The van der Waals surface area contributed by atoms with Crippen LogP contribution in [0, 0.1) is 0 Å². The molecule has 1 fully saturated rings. The summed E-state index contributed by atoms with van der Waals surface area (Å²) in [6, 6.07) is 6.01. The highest BCUT2D eigenvalue weighted by molar-refractivity contribution is 7.80. The molecule has 1 atom stereocenters. The third-order valence-corrected chi connectivity index (χ3v) is 4.95. The predicted molar refractivity (Wildman–Crippen MR) is 116 cm³/mol. The SMILES string of the molecule is CCCCCOC(=O)CC1C(=O)NCCN1C(=S)NC(=O)c1ccccc1OCC. The smallest absolute Gasteiger partial charge is 0.308 e. The van der Waals surface area contributed by atoms with Crippen LogP contribution in [-0.2, 0) is 14.3 Å². The van der Waals surface area contributed by atoms with Crippen LogP contribution in [-0.4, -0.2) is 60.1 Å². The minimum atomic E-state index is -0.827. The lowest BCUT2D eigenvalue weighted by Crippen LogP contribution is -2.60. The lowest BCUT2D eigenvalue weighted by molar-refractivity contribution is -0.147. The van der Waals surface area contributed by atoms with Crippen LogP contribution in [0.4, 0.5) is 0 Å². The molecule has 1 saturated heterocycles. The van der Waals surface area contributed by atoms with Crippen LogP contribution in [0.1, 0.15) is 49.9 Å². The monoisotopic (exact) mass is 435 g/mol. The minimum absolute atomic E-state index is 0.0879. The Morgan fingerprint density at radius 1 is 1.27 bits per heavy atom. The van der Waals surface area contributed by atoms with E-state index in [2.05, 4.69) is 17.6 Å². The molecule has 1 aromatic rings. The highest BCUT2D eigenvalue weighted by Gasteiger charge is 2.34. The molecule has 1 aliphatic heterocycles. The molecule has 0 aromatic heterocycles.